The molecule has 0 saturated heterocycles. The Kier molecular flexibility index (Phi) is 3.30. The van der Waals surface area contributed by atoms with Crippen molar-refractivity contribution in [1.29, 1.82) is 0 Å². The third kappa shape index (κ3) is 2.28. The molecule has 0 aliphatic heterocycles. The summed E-state index contributed by atoms with van der Waals surface area (Å²) in [6.45, 7) is 5.22. The first-order chi connectivity index (χ1) is 7.60. The number of H-pyrrole nitrogens is 1. The van der Waals surface area contributed by atoms with Crippen molar-refractivity contribution in [2.75, 3.05) is 6.54 Å². The van der Waals surface area contributed by atoms with E-state index in [9.17, 15) is 5.11 Å². The normalized spacial score (nSPS) is 27.7. The highest BCUT2D eigenvalue weighted by molar-refractivity contribution is 5.01. The van der Waals surface area contributed by atoms with Crippen LogP contribution < -0.4 is 5.32 Å². The molecule has 2 unspecified atom stereocenters. The fourth-order valence-electron chi connectivity index (χ4n) is 2.22. The number of aromatic amines is 1. The largest absolute Gasteiger partial charge is 0.392 e. The topological polar surface area (TPSA) is 60.9 Å². The molecule has 90 valence electrons. The number of nitrogens with zero attached hydrogens (tertiary/aromatic N) is 1. The molecule has 0 spiro atoms. The van der Waals surface area contributed by atoms with Gasteiger partial charge < -0.3 is 15.4 Å². The molecule has 1 aromatic heterocycles. The van der Waals surface area contributed by atoms with Gasteiger partial charge in [-0.3, -0.25) is 0 Å². The molecular formula is C12H21N3O. The number of hydrogen-bond donors (Lipinski definition) is 3. The van der Waals surface area contributed by atoms with Gasteiger partial charge in [0.1, 0.15) is 5.82 Å². The van der Waals surface area contributed by atoms with Gasteiger partial charge in [0, 0.05) is 30.3 Å². The summed E-state index contributed by atoms with van der Waals surface area (Å²) in [6, 6.07) is 0.458. The average Bonchev–Trinajstić information content (AvgIpc) is 2.75. The zero-order chi connectivity index (χ0) is 11.6. The van der Waals surface area contributed by atoms with Crippen molar-refractivity contribution in [3.63, 3.8) is 0 Å². The number of aliphatic hydroxyl groups excluding tert-OH is 1. The van der Waals surface area contributed by atoms with Crippen LogP contribution in [0, 0.1) is 5.41 Å². The molecule has 0 radical (unpaired) electrons. The summed E-state index contributed by atoms with van der Waals surface area (Å²) in [7, 11) is 0. The van der Waals surface area contributed by atoms with Gasteiger partial charge in [-0.05, 0) is 19.4 Å². The number of aryl methyl sites for hydroxylation is 1. The quantitative estimate of drug-likeness (QED) is 0.655. The highest BCUT2D eigenvalue weighted by Gasteiger charge is 2.46. The zero-order valence-electron chi connectivity index (χ0n) is 10.0. The summed E-state index contributed by atoms with van der Waals surface area (Å²) in [5.41, 5.74) is 0.0324. The molecule has 1 fully saturated rings. The molecule has 4 nitrogen and oxygen atoms in total. The van der Waals surface area contributed by atoms with Gasteiger partial charge in [0.05, 0.1) is 6.10 Å². The molecule has 0 aromatic carbocycles. The number of aromatic nitrogens is 2. The van der Waals surface area contributed by atoms with E-state index in [1.807, 2.05) is 6.20 Å². The Morgan fingerprint density at radius 1 is 1.62 bits per heavy atom. The van der Waals surface area contributed by atoms with Gasteiger partial charge in [-0.15, -0.1) is 0 Å². The summed E-state index contributed by atoms with van der Waals surface area (Å²) < 4.78 is 0. The zero-order valence-corrected chi connectivity index (χ0v) is 10.0. The predicted molar refractivity (Wildman–Crippen MR) is 63.1 cm³/mol. The minimum Gasteiger partial charge on any atom is -0.392 e. The SMILES string of the molecule is CC1(C)C(O)CC1NCCCc1ncc[nH]1. The minimum absolute atomic E-state index is 0.0324. The molecule has 0 amide bonds. The van der Waals surface area contributed by atoms with Crippen molar-refractivity contribution >= 4 is 0 Å². The van der Waals surface area contributed by atoms with E-state index >= 15 is 0 Å². The fraction of sp³-hybridized carbons (Fsp3) is 0.750. The van der Waals surface area contributed by atoms with Gasteiger partial charge in [-0.2, -0.15) is 0 Å². The highest BCUT2D eigenvalue weighted by atomic mass is 16.3. The Balaban J connectivity index is 1.62. The lowest BCUT2D eigenvalue weighted by molar-refractivity contribution is -0.0722. The van der Waals surface area contributed by atoms with Crippen LogP contribution in [0.2, 0.25) is 0 Å². The van der Waals surface area contributed by atoms with Crippen molar-refractivity contribution in [3.05, 3.63) is 18.2 Å². The average molecular weight is 223 g/mol. The summed E-state index contributed by atoms with van der Waals surface area (Å²) in [4.78, 5) is 7.28. The number of imidazole rings is 1. The Morgan fingerprint density at radius 2 is 2.44 bits per heavy atom. The second-order valence-electron chi connectivity index (χ2n) is 5.22. The van der Waals surface area contributed by atoms with Crippen LogP contribution in [0.15, 0.2) is 12.4 Å². The molecule has 1 saturated carbocycles. The maximum atomic E-state index is 9.60. The monoisotopic (exact) mass is 223 g/mol. The molecule has 16 heavy (non-hydrogen) atoms. The van der Waals surface area contributed by atoms with Gasteiger partial charge in [0.2, 0.25) is 0 Å². The molecule has 1 aliphatic rings. The van der Waals surface area contributed by atoms with Crippen LogP contribution in [-0.4, -0.2) is 33.8 Å². The van der Waals surface area contributed by atoms with Gasteiger partial charge >= 0.3 is 0 Å². The Labute approximate surface area is 96.5 Å². The number of rotatable bonds is 5. The van der Waals surface area contributed by atoms with Crippen molar-refractivity contribution < 1.29 is 5.11 Å². The number of hydrogen-bond acceptors (Lipinski definition) is 3. The van der Waals surface area contributed by atoms with E-state index in [2.05, 4.69) is 29.1 Å². The maximum absolute atomic E-state index is 9.60. The number of aliphatic hydroxyl groups is 1. The lowest BCUT2D eigenvalue weighted by Gasteiger charge is -2.49. The van der Waals surface area contributed by atoms with Crippen LogP contribution >= 0.6 is 0 Å². The minimum atomic E-state index is -0.143. The first-order valence-corrected chi connectivity index (χ1v) is 6.00. The lowest BCUT2D eigenvalue weighted by atomic mass is 9.64. The van der Waals surface area contributed by atoms with E-state index in [1.165, 1.54) is 0 Å². The van der Waals surface area contributed by atoms with Crippen LogP contribution in [0.3, 0.4) is 0 Å². The van der Waals surface area contributed by atoms with Gasteiger partial charge in [0.15, 0.2) is 0 Å². The van der Waals surface area contributed by atoms with Crippen LogP contribution in [0.1, 0.15) is 32.5 Å². The molecule has 0 bridgehead atoms. The first-order valence-electron chi connectivity index (χ1n) is 6.00. The first kappa shape index (κ1) is 11.6. The summed E-state index contributed by atoms with van der Waals surface area (Å²) in [5.74, 6) is 1.05. The third-order valence-electron chi connectivity index (χ3n) is 3.75. The van der Waals surface area contributed by atoms with Crippen LogP contribution in [0.25, 0.3) is 0 Å². The molecule has 2 rings (SSSR count). The summed E-state index contributed by atoms with van der Waals surface area (Å²) in [6.07, 6.45) is 6.44. The van der Waals surface area contributed by atoms with E-state index in [1.54, 1.807) is 6.20 Å². The smallest absolute Gasteiger partial charge is 0.106 e. The van der Waals surface area contributed by atoms with E-state index in [0.29, 0.717) is 6.04 Å². The van der Waals surface area contributed by atoms with Crippen molar-refractivity contribution in [3.8, 4) is 0 Å². The molecule has 1 aromatic rings. The standard InChI is InChI=1S/C12H21N3O/c1-12(2)9(8-10(12)16)13-5-3-4-11-14-6-7-15-11/h6-7,9-10,13,16H,3-5,8H2,1-2H3,(H,14,15). The Bertz CT molecular complexity index is 321. The Morgan fingerprint density at radius 3 is 3.00 bits per heavy atom. The van der Waals surface area contributed by atoms with Gasteiger partial charge in [-0.1, -0.05) is 13.8 Å². The highest BCUT2D eigenvalue weighted by Crippen LogP contribution is 2.40. The molecule has 1 aliphatic carbocycles. The van der Waals surface area contributed by atoms with Gasteiger partial charge in [0.25, 0.3) is 0 Å². The van der Waals surface area contributed by atoms with Crippen molar-refractivity contribution in [2.24, 2.45) is 5.41 Å². The summed E-state index contributed by atoms with van der Waals surface area (Å²) in [5, 5.41) is 13.1. The lowest BCUT2D eigenvalue weighted by Crippen LogP contribution is -2.60. The Hall–Kier alpha value is -0.870. The van der Waals surface area contributed by atoms with E-state index < -0.39 is 0 Å². The third-order valence-corrected chi connectivity index (χ3v) is 3.75. The molecule has 4 heteroatoms. The van der Waals surface area contributed by atoms with Crippen LogP contribution in [0.5, 0.6) is 0 Å². The van der Waals surface area contributed by atoms with E-state index in [4.69, 9.17) is 0 Å². The second-order valence-corrected chi connectivity index (χ2v) is 5.22. The van der Waals surface area contributed by atoms with Crippen LogP contribution in [-0.2, 0) is 6.42 Å². The molecule has 2 atom stereocenters. The van der Waals surface area contributed by atoms with Crippen LogP contribution in [0.4, 0.5) is 0 Å². The molecule has 1 heterocycles. The molecular weight excluding hydrogens is 202 g/mol. The fourth-order valence-corrected chi connectivity index (χ4v) is 2.22. The van der Waals surface area contributed by atoms with Crippen molar-refractivity contribution in [1.82, 2.24) is 15.3 Å². The van der Waals surface area contributed by atoms with E-state index in [-0.39, 0.29) is 11.5 Å². The van der Waals surface area contributed by atoms with Crippen molar-refractivity contribution in [2.45, 2.75) is 45.3 Å². The van der Waals surface area contributed by atoms with E-state index in [0.717, 1.165) is 31.6 Å². The predicted octanol–water partition coefficient (Wildman–Crippen LogP) is 1.09. The summed E-state index contributed by atoms with van der Waals surface area (Å²) >= 11 is 0. The molecule has 3 N–H and O–H groups in total. The maximum Gasteiger partial charge on any atom is 0.106 e. The second kappa shape index (κ2) is 4.55. The van der Waals surface area contributed by atoms with Gasteiger partial charge in [-0.25, -0.2) is 4.98 Å². The number of nitrogens with one attached hydrogen (secondary N) is 2.